The fourth-order valence-corrected chi connectivity index (χ4v) is 4.24. The van der Waals surface area contributed by atoms with Crippen LogP contribution in [0.15, 0.2) is 54.6 Å². The minimum absolute atomic E-state index is 0.0160. The minimum atomic E-state index is -1.26. The smallest absolute Gasteiger partial charge is 0.336 e. The molecule has 0 saturated heterocycles. The Morgan fingerprint density at radius 1 is 0.844 bits per heavy atom. The van der Waals surface area contributed by atoms with Gasteiger partial charge in [-0.1, -0.05) is 32.0 Å². The first kappa shape index (κ1) is 34.7. The van der Waals surface area contributed by atoms with Crippen LogP contribution < -0.4 is 16.1 Å². The van der Waals surface area contributed by atoms with Crippen molar-refractivity contribution in [3.05, 3.63) is 82.4 Å². The van der Waals surface area contributed by atoms with E-state index < -0.39 is 11.9 Å². The molecule has 0 atom stereocenters. The lowest BCUT2D eigenvalue weighted by atomic mass is 9.95. The second kappa shape index (κ2) is 16.9. The molecule has 0 heterocycles. The lowest BCUT2D eigenvalue weighted by Crippen LogP contribution is -2.17. The van der Waals surface area contributed by atoms with E-state index in [1.807, 2.05) is 0 Å². The Morgan fingerprint density at radius 3 is 2.22 bits per heavy atom. The van der Waals surface area contributed by atoms with Gasteiger partial charge in [0.25, 0.3) is 5.91 Å². The van der Waals surface area contributed by atoms with Crippen LogP contribution in [-0.2, 0) is 43.8 Å². The summed E-state index contributed by atoms with van der Waals surface area (Å²) in [5.74, 6) is -2.58. The molecule has 45 heavy (non-hydrogen) atoms. The molecule has 3 aromatic carbocycles. The van der Waals surface area contributed by atoms with Crippen LogP contribution >= 0.6 is 0 Å². The fourth-order valence-electron chi connectivity index (χ4n) is 4.24. The molecule has 240 valence electrons. The number of benzene rings is 3. The molecule has 1 amide bonds. The summed E-state index contributed by atoms with van der Waals surface area (Å²) >= 11 is 0. The second-order valence-electron chi connectivity index (χ2n) is 10.2. The third kappa shape index (κ3) is 10.1. The largest absolute Gasteiger partial charge is 0.478 e. The van der Waals surface area contributed by atoms with Gasteiger partial charge in [0, 0.05) is 25.5 Å². The summed E-state index contributed by atoms with van der Waals surface area (Å²) in [4.78, 5) is 46.7. The molecule has 0 bridgehead atoms. The van der Waals surface area contributed by atoms with Crippen molar-refractivity contribution in [2.45, 2.75) is 40.1 Å². The van der Waals surface area contributed by atoms with Gasteiger partial charge in [-0.2, -0.15) is 0 Å². The maximum Gasteiger partial charge on any atom is 0.336 e. The number of rotatable bonds is 16. The van der Waals surface area contributed by atoms with Crippen molar-refractivity contribution < 1.29 is 43.9 Å². The lowest BCUT2D eigenvalue weighted by Gasteiger charge is -2.15. The molecule has 0 saturated carbocycles. The molecule has 0 spiro atoms. The van der Waals surface area contributed by atoms with Gasteiger partial charge in [0.1, 0.15) is 13.2 Å². The van der Waals surface area contributed by atoms with E-state index in [4.69, 9.17) is 25.0 Å². The van der Waals surface area contributed by atoms with Gasteiger partial charge < -0.3 is 25.2 Å². The van der Waals surface area contributed by atoms with Gasteiger partial charge in [-0.25, -0.2) is 15.2 Å². The topological polar surface area (TPSA) is 189 Å². The number of hydrogen-bond acceptors (Lipinski definition) is 11. The zero-order chi connectivity index (χ0) is 32.9. The Labute approximate surface area is 260 Å². The number of carboxylic acid groups (broad SMARTS) is 1. The monoisotopic (exact) mass is 622 g/mol. The number of hydroxylamine groups is 1. The van der Waals surface area contributed by atoms with Crippen molar-refractivity contribution in [1.82, 2.24) is 5.48 Å². The van der Waals surface area contributed by atoms with Gasteiger partial charge in [0.15, 0.2) is 5.90 Å². The zero-order valence-electron chi connectivity index (χ0n) is 25.6. The predicted octanol–water partition coefficient (Wildman–Crippen LogP) is 5.07. The molecule has 13 nitrogen and oxygen atoms in total. The van der Waals surface area contributed by atoms with E-state index in [0.717, 1.165) is 0 Å². The van der Waals surface area contributed by atoms with Gasteiger partial charge >= 0.3 is 11.9 Å². The van der Waals surface area contributed by atoms with Crippen LogP contribution in [0.1, 0.15) is 57.7 Å². The summed E-state index contributed by atoms with van der Waals surface area (Å²) in [5, 5.41) is 32.6. The summed E-state index contributed by atoms with van der Waals surface area (Å²) in [6.07, 6.45) is 0.115. The van der Waals surface area contributed by atoms with Crippen LogP contribution in [0.25, 0.3) is 11.1 Å². The van der Waals surface area contributed by atoms with Crippen molar-refractivity contribution in [1.29, 1.82) is 5.41 Å². The molecular weight excluding hydrogens is 584 g/mol. The Kier molecular flexibility index (Phi) is 13.0. The van der Waals surface area contributed by atoms with Gasteiger partial charge in [0.2, 0.25) is 0 Å². The Balaban J connectivity index is 1.82. The SMILES string of the molecule is CNOCc1cc(-c2ccc(C(=O)O)c(C(=O)Nc3cc(COC(=N)CCOC(=O)C(C)C)cc(NC)c3)c2)ccc1COO. The Hall–Kier alpha value is -4.82. The van der Waals surface area contributed by atoms with Gasteiger partial charge in [-0.05, 0) is 64.2 Å². The maximum absolute atomic E-state index is 13.5. The number of carboxylic acids is 1. The molecule has 13 heteroatoms. The fraction of sp³-hybridized carbons (Fsp3) is 0.312. The summed E-state index contributed by atoms with van der Waals surface area (Å²) in [6.45, 7) is 3.61. The second-order valence-corrected chi connectivity index (χ2v) is 10.2. The first-order chi connectivity index (χ1) is 21.6. The molecule has 0 aliphatic carbocycles. The molecule has 0 aromatic heterocycles. The van der Waals surface area contributed by atoms with Gasteiger partial charge in [-0.15, -0.1) is 0 Å². The number of ether oxygens (including phenoxy) is 2. The third-order valence-corrected chi connectivity index (χ3v) is 6.62. The number of carbonyl (C=O) groups excluding carboxylic acids is 2. The maximum atomic E-state index is 13.5. The van der Waals surface area contributed by atoms with E-state index in [1.54, 1.807) is 70.4 Å². The first-order valence-corrected chi connectivity index (χ1v) is 14.1. The number of aromatic carboxylic acids is 1. The van der Waals surface area contributed by atoms with Crippen LogP contribution in [0.4, 0.5) is 11.4 Å². The molecule has 3 rings (SSSR count). The van der Waals surface area contributed by atoms with E-state index in [0.29, 0.717) is 39.2 Å². The highest BCUT2D eigenvalue weighted by molar-refractivity contribution is 6.11. The van der Waals surface area contributed by atoms with E-state index in [9.17, 15) is 19.5 Å². The van der Waals surface area contributed by atoms with Crippen molar-refractivity contribution in [2.75, 3.05) is 31.3 Å². The zero-order valence-corrected chi connectivity index (χ0v) is 25.6. The van der Waals surface area contributed by atoms with E-state index in [1.165, 1.54) is 12.1 Å². The predicted molar refractivity (Wildman–Crippen MR) is 167 cm³/mol. The van der Waals surface area contributed by atoms with Crippen molar-refractivity contribution in [3.63, 3.8) is 0 Å². The van der Waals surface area contributed by atoms with E-state index in [-0.39, 0.29) is 61.8 Å². The molecule has 0 radical (unpaired) electrons. The third-order valence-electron chi connectivity index (χ3n) is 6.62. The van der Waals surface area contributed by atoms with Gasteiger partial charge in [-0.3, -0.25) is 25.1 Å². The standard InChI is InChI=1S/C32H38N4O9/c1-19(2)32(40)42-10-9-29(33)43-16-20-11-25(34-3)15-26(12-20)36-30(37)28-14-22(7-8-27(28)31(38)39)21-5-6-23(18-45-41)24(13-21)17-44-35-4/h5-8,11-15,19,33-35,41H,9-10,16-18H2,1-4H3,(H,36,37)(H,38,39). The molecule has 3 aromatic rings. The molecule has 0 aliphatic rings. The highest BCUT2D eigenvalue weighted by Crippen LogP contribution is 2.27. The molecule has 0 aliphatic heterocycles. The summed E-state index contributed by atoms with van der Waals surface area (Å²) in [6, 6.07) is 14.9. The molecule has 6 N–H and O–H groups in total. The van der Waals surface area contributed by atoms with Crippen molar-refractivity contribution >= 4 is 35.1 Å². The summed E-state index contributed by atoms with van der Waals surface area (Å²) in [5.41, 5.74) is 6.70. The number of nitrogens with one attached hydrogen (secondary N) is 4. The van der Waals surface area contributed by atoms with Gasteiger partial charge in [0.05, 0.1) is 36.7 Å². The summed E-state index contributed by atoms with van der Waals surface area (Å²) < 4.78 is 10.6. The average molecular weight is 623 g/mol. The number of amides is 1. The summed E-state index contributed by atoms with van der Waals surface area (Å²) in [7, 11) is 3.32. The quantitative estimate of drug-likeness (QED) is 0.0411. The lowest BCUT2D eigenvalue weighted by molar-refractivity contribution is -0.253. The number of esters is 1. The van der Waals surface area contributed by atoms with Crippen LogP contribution in [0.2, 0.25) is 0 Å². The first-order valence-electron chi connectivity index (χ1n) is 14.1. The highest BCUT2D eigenvalue weighted by atomic mass is 17.1. The van der Waals surface area contributed by atoms with Crippen molar-refractivity contribution in [2.24, 2.45) is 5.92 Å². The Morgan fingerprint density at radius 2 is 1.56 bits per heavy atom. The van der Waals surface area contributed by atoms with Crippen LogP contribution in [0.3, 0.4) is 0 Å². The Bertz CT molecular complexity index is 1520. The molecule has 0 unspecified atom stereocenters. The number of hydrogen-bond donors (Lipinski definition) is 6. The highest BCUT2D eigenvalue weighted by Gasteiger charge is 2.19. The number of carbonyl (C=O) groups is 3. The molecule has 0 fully saturated rings. The average Bonchev–Trinajstić information content (AvgIpc) is 3.02. The van der Waals surface area contributed by atoms with E-state index in [2.05, 4.69) is 21.0 Å². The van der Waals surface area contributed by atoms with E-state index >= 15 is 0 Å². The van der Waals surface area contributed by atoms with Crippen LogP contribution in [0.5, 0.6) is 0 Å². The number of anilines is 2. The van der Waals surface area contributed by atoms with Crippen LogP contribution in [0, 0.1) is 11.3 Å². The normalized spacial score (nSPS) is 10.8. The van der Waals surface area contributed by atoms with Crippen molar-refractivity contribution in [3.8, 4) is 11.1 Å². The molecular formula is C32H38N4O9. The van der Waals surface area contributed by atoms with Crippen LogP contribution in [-0.4, -0.2) is 54.8 Å². The minimum Gasteiger partial charge on any atom is -0.478 e.